The predicted octanol–water partition coefficient (Wildman–Crippen LogP) is 3.65. The molecule has 4 heteroatoms. The molecular weight excluding hydrogens is 298 g/mol. The Hall–Kier alpha value is -1.68. The summed E-state index contributed by atoms with van der Waals surface area (Å²) in [4.78, 5) is 19.8. The molecular formula is C20H29N3O. The van der Waals surface area contributed by atoms with Crippen LogP contribution in [0.3, 0.4) is 0 Å². The summed E-state index contributed by atoms with van der Waals surface area (Å²) in [5.74, 6) is 1.41. The van der Waals surface area contributed by atoms with Crippen LogP contribution in [0, 0.1) is 18.8 Å². The van der Waals surface area contributed by atoms with Gasteiger partial charge in [0.1, 0.15) is 5.65 Å². The molecule has 24 heavy (non-hydrogen) atoms. The van der Waals surface area contributed by atoms with Crippen LogP contribution in [-0.4, -0.2) is 26.9 Å². The Balaban J connectivity index is 1.92. The predicted molar refractivity (Wildman–Crippen MR) is 98.3 cm³/mol. The van der Waals surface area contributed by atoms with Gasteiger partial charge in [0, 0.05) is 24.8 Å². The largest absolute Gasteiger partial charge is 0.294 e. The summed E-state index contributed by atoms with van der Waals surface area (Å²) < 4.78 is 1.64. The summed E-state index contributed by atoms with van der Waals surface area (Å²) in [6.45, 7) is 10.8. The molecule has 2 unspecified atom stereocenters. The lowest BCUT2D eigenvalue weighted by atomic mass is 9.95. The van der Waals surface area contributed by atoms with Crippen molar-refractivity contribution in [2.45, 2.75) is 59.5 Å². The molecule has 1 aliphatic rings. The molecule has 2 aromatic rings. The molecule has 0 aromatic carbocycles. The second kappa shape index (κ2) is 7.06. The van der Waals surface area contributed by atoms with E-state index in [2.05, 4.69) is 25.7 Å². The van der Waals surface area contributed by atoms with Gasteiger partial charge in [-0.1, -0.05) is 26.8 Å². The van der Waals surface area contributed by atoms with Crippen LogP contribution in [0.15, 0.2) is 29.2 Å². The third-order valence-electron chi connectivity index (χ3n) is 5.41. The normalized spacial score (nSPS) is 22.9. The van der Waals surface area contributed by atoms with E-state index in [0.29, 0.717) is 12.0 Å². The summed E-state index contributed by atoms with van der Waals surface area (Å²) in [5, 5.41) is 0. The molecule has 3 heterocycles. The first-order chi connectivity index (χ1) is 11.5. The van der Waals surface area contributed by atoms with Crippen LogP contribution < -0.4 is 5.56 Å². The van der Waals surface area contributed by atoms with E-state index >= 15 is 0 Å². The Morgan fingerprint density at radius 1 is 1.29 bits per heavy atom. The number of aryl methyl sites for hydroxylation is 1. The molecule has 0 amide bonds. The minimum Gasteiger partial charge on any atom is -0.294 e. The van der Waals surface area contributed by atoms with E-state index in [1.807, 2.05) is 19.1 Å². The summed E-state index contributed by atoms with van der Waals surface area (Å²) >= 11 is 0. The highest BCUT2D eigenvalue weighted by atomic mass is 16.1. The topological polar surface area (TPSA) is 37.6 Å². The van der Waals surface area contributed by atoms with Gasteiger partial charge in [-0.25, -0.2) is 4.98 Å². The third-order valence-corrected chi connectivity index (χ3v) is 5.41. The van der Waals surface area contributed by atoms with E-state index in [-0.39, 0.29) is 5.56 Å². The number of hydrogen-bond acceptors (Lipinski definition) is 3. The van der Waals surface area contributed by atoms with Crippen molar-refractivity contribution in [3.8, 4) is 0 Å². The molecule has 0 aliphatic carbocycles. The fraction of sp³-hybridized carbons (Fsp3) is 0.600. The first-order valence-corrected chi connectivity index (χ1v) is 9.17. The van der Waals surface area contributed by atoms with Crippen molar-refractivity contribution in [1.82, 2.24) is 14.3 Å². The van der Waals surface area contributed by atoms with Gasteiger partial charge >= 0.3 is 0 Å². The first kappa shape index (κ1) is 17.2. The van der Waals surface area contributed by atoms with Crippen molar-refractivity contribution in [3.63, 3.8) is 0 Å². The Morgan fingerprint density at radius 3 is 2.83 bits per heavy atom. The summed E-state index contributed by atoms with van der Waals surface area (Å²) in [6.07, 6.45) is 5.57. The summed E-state index contributed by atoms with van der Waals surface area (Å²) in [7, 11) is 0. The maximum Gasteiger partial charge on any atom is 0.258 e. The van der Waals surface area contributed by atoms with Gasteiger partial charge in [-0.2, -0.15) is 0 Å². The van der Waals surface area contributed by atoms with Crippen molar-refractivity contribution < 1.29 is 0 Å². The van der Waals surface area contributed by atoms with Crippen LogP contribution in [0.2, 0.25) is 0 Å². The lowest BCUT2D eigenvalue weighted by Gasteiger charge is -2.32. The smallest absolute Gasteiger partial charge is 0.258 e. The number of aromatic nitrogens is 2. The van der Waals surface area contributed by atoms with Crippen LogP contribution in [-0.2, 0) is 6.54 Å². The van der Waals surface area contributed by atoms with Gasteiger partial charge in [0.2, 0.25) is 0 Å². The van der Waals surface area contributed by atoms with Crippen molar-refractivity contribution in [3.05, 3.63) is 46.0 Å². The fourth-order valence-electron chi connectivity index (χ4n) is 3.88. The van der Waals surface area contributed by atoms with Gasteiger partial charge in [-0.3, -0.25) is 14.1 Å². The SMILES string of the molecule is Cc1cccn2c(=O)cc(CN3CCC(C)CCC3C(C)C)nc12. The summed E-state index contributed by atoms with van der Waals surface area (Å²) in [5.41, 5.74) is 2.74. The molecule has 4 nitrogen and oxygen atoms in total. The number of pyridine rings is 1. The molecule has 3 rings (SSSR count). The number of rotatable bonds is 3. The van der Waals surface area contributed by atoms with Crippen LogP contribution in [0.4, 0.5) is 0 Å². The molecule has 1 aliphatic heterocycles. The molecule has 0 bridgehead atoms. The van der Waals surface area contributed by atoms with Crippen LogP contribution in [0.25, 0.3) is 5.65 Å². The average Bonchev–Trinajstić information content (AvgIpc) is 2.71. The number of hydrogen-bond donors (Lipinski definition) is 0. The van der Waals surface area contributed by atoms with E-state index in [4.69, 9.17) is 4.98 Å². The van der Waals surface area contributed by atoms with E-state index in [1.54, 1.807) is 16.7 Å². The van der Waals surface area contributed by atoms with Crippen LogP contribution >= 0.6 is 0 Å². The van der Waals surface area contributed by atoms with Gasteiger partial charge in [-0.05, 0) is 56.2 Å². The van der Waals surface area contributed by atoms with Crippen molar-refractivity contribution in [2.24, 2.45) is 11.8 Å². The van der Waals surface area contributed by atoms with Crippen molar-refractivity contribution in [1.29, 1.82) is 0 Å². The number of likely N-dealkylation sites (tertiary alicyclic amines) is 1. The molecule has 1 saturated heterocycles. The molecule has 0 saturated carbocycles. The zero-order chi connectivity index (χ0) is 17.3. The fourth-order valence-corrected chi connectivity index (χ4v) is 3.88. The van der Waals surface area contributed by atoms with E-state index in [9.17, 15) is 4.79 Å². The minimum absolute atomic E-state index is 0.0167. The molecule has 2 aromatic heterocycles. The zero-order valence-electron chi connectivity index (χ0n) is 15.3. The Labute approximate surface area is 144 Å². The van der Waals surface area contributed by atoms with Crippen molar-refractivity contribution >= 4 is 5.65 Å². The van der Waals surface area contributed by atoms with Gasteiger partial charge in [0.15, 0.2) is 0 Å². The second-order valence-corrected chi connectivity index (χ2v) is 7.72. The van der Waals surface area contributed by atoms with Crippen molar-refractivity contribution in [2.75, 3.05) is 6.54 Å². The van der Waals surface area contributed by atoms with E-state index < -0.39 is 0 Å². The quantitative estimate of drug-likeness (QED) is 0.863. The Bertz CT molecular complexity index is 765. The molecule has 0 N–H and O–H groups in total. The summed E-state index contributed by atoms with van der Waals surface area (Å²) in [6, 6.07) is 6.19. The lowest BCUT2D eigenvalue weighted by molar-refractivity contribution is 0.147. The standard InChI is InChI=1S/C20H29N3O/c1-14(2)18-8-7-15(3)9-11-22(18)13-17-12-19(24)23-10-5-6-16(4)20(23)21-17/h5-6,10,12,14-15,18H,7-9,11,13H2,1-4H3. The minimum atomic E-state index is 0.0167. The third kappa shape index (κ3) is 3.54. The van der Waals surface area contributed by atoms with E-state index in [1.165, 1.54) is 19.3 Å². The maximum atomic E-state index is 12.4. The number of nitrogens with zero attached hydrogens (tertiary/aromatic N) is 3. The second-order valence-electron chi connectivity index (χ2n) is 7.72. The lowest BCUT2D eigenvalue weighted by Crippen LogP contribution is -2.38. The van der Waals surface area contributed by atoms with Crippen LogP contribution in [0.1, 0.15) is 51.3 Å². The molecule has 0 spiro atoms. The Kier molecular flexibility index (Phi) is 5.04. The number of fused-ring (bicyclic) bond motifs is 1. The molecule has 1 fully saturated rings. The first-order valence-electron chi connectivity index (χ1n) is 9.17. The molecule has 130 valence electrons. The van der Waals surface area contributed by atoms with E-state index in [0.717, 1.165) is 35.9 Å². The zero-order valence-corrected chi connectivity index (χ0v) is 15.3. The molecule has 2 atom stereocenters. The molecule has 0 radical (unpaired) electrons. The highest BCUT2D eigenvalue weighted by molar-refractivity contribution is 5.46. The van der Waals surface area contributed by atoms with Gasteiger partial charge in [0.25, 0.3) is 5.56 Å². The van der Waals surface area contributed by atoms with Gasteiger partial charge in [0.05, 0.1) is 5.69 Å². The van der Waals surface area contributed by atoms with Gasteiger partial charge < -0.3 is 0 Å². The van der Waals surface area contributed by atoms with Gasteiger partial charge in [-0.15, -0.1) is 0 Å². The maximum absolute atomic E-state index is 12.4. The highest BCUT2D eigenvalue weighted by Crippen LogP contribution is 2.27. The monoisotopic (exact) mass is 327 g/mol. The Morgan fingerprint density at radius 2 is 2.08 bits per heavy atom. The average molecular weight is 327 g/mol. The van der Waals surface area contributed by atoms with Crippen LogP contribution in [0.5, 0.6) is 0 Å². The highest BCUT2D eigenvalue weighted by Gasteiger charge is 2.26.